The Morgan fingerprint density at radius 2 is 1.46 bits per heavy atom. The number of hydrogen-bond donors (Lipinski definition) is 7. The smallest absolute Gasteiger partial charge is 0.326 e. The van der Waals surface area contributed by atoms with Gasteiger partial charge in [0.05, 0.1) is 12.6 Å². The lowest BCUT2D eigenvalue weighted by molar-refractivity contribution is -0.141. The number of nitrogens with two attached hydrogens (primary N) is 2. The highest BCUT2D eigenvalue weighted by Crippen LogP contribution is 2.11. The molecule has 0 aliphatic rings. The molecule has 0 fully saturated rings. The monoisotopic (exact) mass is 513 g/mol. The van der Waals surface area contributed by atoms with Crippen LogP contribution in [-0.2, 0) is 32.0 Å². The molecule has 0 bridgehead atoms. The number of phenols is 1. The number of nitrogens with one attached hydrogen (secondary N) is 3. The maximum absolute atomic E-state index is 12.8. The molecule has 9 N–H and O–H groups in total. The first-order chi connectivity index (χ1) is 17.7. The van der Waals surface area contributed by atoms with E-state index in [1.165, 1.54) is 12.1 Å². The number of rotatable bonds is 15. The van der Waals surface area contributed by atoms with Crippen LogP contribution in [0.5, 0.6) is 5.75 Å². The van der Waals surface area contributed by atoms with Crippen LogP contribution in [0.3, 0.4) is 0 Å². The zero-order valence-corrected chi connectivity index (χ0v) is 20.6. The Morgan fingerprint density at radius 1 is 0.811 bits per heavy atom. The fraction of sp³-hybridized carbons (Fsp3) is 0.385. The van der Waals surface area contributed by atoms with Crippen molar-refractivity contribution in [2.75, 3.05) is 13.1 Å². The van der Waals surface area contributed by atoms with Crippen molar-refractivity contribution < 1.29 is 29.4 Å². The topological polar surface area (TPSA) is 197 Å². The number of carboxylic acid groups (broad SMARTS) is 1. The van der Waals surface area contributed by atoms with Crippen molar-refractivity contribution in [1.82, 2.24) is 16.0 Å². The normalized spacial score (nSPS) is 13.1. The molecule has 0 saturated carbocycles. The average Bonchev–Trinajstić information content (AvgIpc) is 2.88. The van der Waals surface area contributed by atoms with Gasteiger partial charge in [0.25, 0.3) is 0 Å². The van der Waals surface area contributed by atoms with E-state index in [1.54, 1.807) is 42.5 Å². The van der Waals surface area contributed by atoms with Gasteiger partial charge in [0.2, 0.25) is 17.7 Å². The lowest BCUT2D eigenvalue weighted by atomic mass is 10.0. The summed E-state index contributed by atoms with van der Waals surface area (Å²) in [4.78, 5) is 49.4. The Labute approximate surface area is 215 Å². The predicted molar refractivity (Wildman–Crippen MR) is 137 cm³/mol. The van der Waals surface area contributed by atoms with Crippen LogP contribution in [0.2, 0.25) is 0 Å². The Balaban J connectivity index is 1.92. The van der Waals surface area contributed by atoms with E-state index in [4.69, 9.17) is 11.5 Å². The van der Waals surface area contributed by atoms with Gasteiger partial charge in [-0.15, -0.1) is 0 Å². The van der Waals surface area contributed by atoms with Gasteiger partial charge < -0.3 is 37.6 Å². The fourth-order valence-electron chi connectivity index (χ4n) is 3.60. The third-order valence-corrected chi connectivity index (χ3v) is 5.65. The quantitative estimate of drug-likeness (QED) is 0.159. The second-order valence-corrected chi connectivity index (χ2v) is 8.69. The summed E-state index contributed by atoms with van der Waals surface area (Å²) in [6.07, 6.45) is 1.77. The molecule has 0 radical (unpaired) electrons. The molecule has 3 amide bonds. The standard InChI is InChI=1S/C26H35N5O6/c27-13-5-4-8-21(31-24(34)20(28)14-18-9-11-19(32)12-10-18)25(35)29-16-23(33)30-22(26(36)37)15-17-6-2-1-3-7-17/h1-3,6-7,9-12,20-22,32H,4-5,8,13-16,27-28H2,(H,29,35)(H,30,33)(H,31,34)(H,36,37)/t20-,21+,22-/m0/s1. The summed E-state index contributed by atoms with van der Waals surface area (Å²) in [7, 11) is 0. The van der Waals surface area contributed by atoms with E-state index < -0.39 is 48.4 Å². The van der Waals surface area contributed by atoms with Gasteiger partial charge in [0.15, 0.2) is 0 Å². The molecule has 0 heterocycles. The van der Waals surface area contributed by atoms with E-state index in [-0.39, 0.29) is 25.0 Å². The second kappa shape index (κ2) is 15.2. The van der Waals surface area contributed by atoms with E-state index in [0.29, 0.717) is 19.4 Å². The van der Waals surface area contributed by atoms with Crippen LogP contribution in [-0.4, -0.2) is 65.1 Å². The molecule has 2 aromatic rings. The molecule has 0 unspecified atom stereocenters. The van der Waals surface area contributed by atoms with Crippen LogP contribution in [0, 0.1) is 0 Å². The number of carbonyl (C=O) groups is 4. The number of amides is 3. The molecule has 0 aromatic heterocycles. The highest BCUT2D eigenvalue weighted by atomic mass is 16.4. The first-order valence-corrected chi connectivity index (χ1v) is 12.1. The molecule has 11 nitrogen and oxygen atoms in total. The molecule has 2 rings (SSSR count). The summed E-state index contributed by atoms with van der Waals surface area (Å²) in [6.45, 7) is -0.0384. The number of benzene rings is 2. The van der Waals surface area contributed by atoms with E-state index in [1.807, 2.05) is 0 Å². The van der Waals surface area contributed by atoms with Crippen molar-refractivity contribution in [3.05, 3.63) is 65.7 Å². The minimum atomic E-state index is -1.20. The van der Waals surface area contributed by atoms with E-state index in [9.17, 15) is 29.4 Å². The lowest BCUT2D eigenvalue weighted by Crippen LogP contribution is -2.54. The van der Waals surface area contributed by atoms with Crippen LogP contribution in [0.4, 0.5) is 0 Å². The van der Waals surface area contributed by atoms with E-state index in [2.05, 4.69) is 16.0 Å². The number of aromatic hydroxyl groups is 1. The predicted octanol–water partition coefficient (Wildman–Crippen LogP) is -0.196. The molecule has 37 heavy (non-hydrogen) atoms. The molecule has 200 valence electrons. The Hall–Kier alpha value is -3.96. The van der Waals surface area contributed by atoms with Gasteiger partial charge >= 0.3 is 5.97 Å². The first kappa shape index (κ1) is 29.3. The largest absolute Gasteiger partial charge is 0.508 e. The maximum atomic E-state index is 12.8. The van der Waals surface area contributed by atoms with Gasteiger partial charge in [-0.3, -0.25) is 14.4 Å². The molecule has 3 atom stereocenters. The van der Waals surface area contributed by atoms with Crippen LogP contribution in [0.15, 0.2) is 54.6 Å². The molecular formula is C26H35N5O6. The summed E-state index contributed by atoms with van der Waals surface area (Å²) in [5, 5.41) is 26.3. The number of unbranched alkanes of at least 4 members (excludes halogenated alkanes) is 1. The minimum Gasteiger partial charge on any atom is -0.508 e. The number of hydrogen-bond acceptors (Lipinski definition) is 7. The van der Waals surface area contributed by atoms with Gasteiger partial charge in [-0.05, 0) is 55.5 Å². The average molecular weight is 514 g/mol. The Kier molecular flexibility index (Phi) is 12.0. The van der Waals surface area contributed by atoms with Crippen molar-refractivity contribution in [2.45, 2.75) is 50.2 Å². The lowest BCUT2D eigenvalue weighted by Gasteiger charge is -2.21. The van der Waals surface area contributed by atoms with E-state index in [0.717, 1.165) is 11.1 Å². The third kappa shape index (κ3) is 10.7. The van der Waals surface area contributed by atoms with Crippen LogP contribution < -0.4 is 27.4 Å². The number of phenolic OH excluding ortho intramolecular Hbond substituents is 1. The van der Waals surface area contributed by atoms with Crippen molar-refractivity contribution in [1.29, 1.82) is 0 Å². The second-order valence-electron chi connectivity index (χ2n) is 8.69. The summed E-state index contributed by atoms with van der Waals surface area (Å²) in [6, 6.07) is 12.1. The summed E-state index contributed by atoms with van der Waals surface area (Å²) in [5.74, 6) is -2.91. The number of carbonyl (C=O) groups excluding carboxylic acids is 3. The van der Waals surface area contributed by atoms with Crippen LogP contribution in [0.1, 0.15) is 30.4 Å². The molecule has 0 aliphatic carbocycles. The summed E-state index contributed by atoms with van der Waals surface area (Å²) >= 11 is 0. The van der Waals surface area contributed by atoms with Crippen molar-refractivity contribution >= 4 is 23.7 Å². The first-order valence-electron chi connectivity index (χ1n) is 12.1. The van der Waals surface area contributed by atoms with Gasteiger partial charge in [0, 0.05) is 6.42 Å². The Bertz CT molecular complexity index is 1030. The molecule has 2 aromatic carbocycles. The summed E-state index contributed by atoms with van der Waals surface area (Å²) in [5.41, 5.74) is 13.0. The van der Waals surface area contributed by atoms with Crippen molar-refractivity contribution in [3.8, 4) is 5.75 Å². The summed E-state index contributed by atoms with van der Waals surface area (Å²) < 4.78 is 0. The molecule has 11 heteroatoms. The minimum absolute atomic E-state index is 0.0898. The van der Waals surface area contributed by atoms with Crippen molar-refractivity contribution in [3.63, 3.8) is 0 Å². The SMILES string of the molecule is NCCCC[C@@H](NC(=O)[C@@H](N)Cc1ccc(O)cc1)C(=O)NCC(=O)N[C@@H](Cc1ccccc1)C(=O)O. The van der Waals surface area contributed by atoms with Gasteiger partial charge in [-0.25, -0.2) is 4.79 Å². The number of aliphatic carboxylic acids is 1. The molecule has 0 aliphatic heterocycles. The fourth-order valence-corrected chi connectivity index (χ4v) is 3.60. The zero-order valence-electron chi connectivity index (χ0n) is 20.6. The highest BCUT2D eigenvalue weighted by molar-refractivity contribution is 5.92. The molecule has 0 saturated heterocycles. The zero-order chi connectivity index (χ0) is 27.2. The number of carboxylic acids is 1. The Morgan fingerprint density at radius 3 is 2.08 bits per heavy atom. The highest BCUT2D eigenvalue weighted by Gasteiger charge is 2.25. The van der Waals surface area contributed by atoms with Crippen LogP contribution >= 0.6 is 0 Å². The van der Waals surface area contributed by atoms with Crippen LogP contribution in [0.25, 0.3) is 0 Å². The van der Waals surface area contributed by atoms with Crippen molar-refractivity contribution in [2.24, 2.45) is 11.5 Å². The van der Waals surface area contributed by atoms with E-state index >= 15 is 0 Å². The maximum Gasteiger partial charge on any atom is 0.326 e. The molecule has 0 spiro atoms. The third-order valence-electron chi connectivity index (χ3n) is 5.65. The van der Waals surface area contributed by atoms with Gasteiger partial charge in [0.1, 0.15) is 17.8 Å². The molecular weight excluding hydrogens is 478 g/mol. The van der Waals surface area contributed by atoms with Gasteiger partial charge in [-0.2, -0.15) is 0 Å². The van der Waals surface area contributed by atoms with Gasteiger partial charge in [-0.1, -0.05) is 42.5 Å².